The lowest BCUT2D eigenvalue weighted by molar-refractivity contribution is 0.0917. The van der Waals surface area contributed by atoms with Crippen molar-refractivity contribution in [3.05, 3.63) is 45.6 Å². The molecular weight excluding hydrogens is 297 g/mol. The molecule has 0 radical (unpaired) electrons. The van der Waals surface area contributed by atoms with Gasteiger partial charge in [0, 0.05) is 12.1 Å². The Balaban J connectivity index is 2.29. The summed E-state index contributed by atoms with van der Waals surface area (Å²) in [4.78, 5) is 24.6. The quantitative estimate of drug-likeness (QED) is 0.881. The van der Waals surface area contributed by atoms with E-state index in [2.05, 4.69) is 19.2 Å². The molecule has 1 unspecified atom stereocenters. The second kappa shape index (κ2) is 7.40. The largest absolute Gasteiger partial charge is 0.450 e. The molecule has 4 nitrogen and oxygen atoms in total. The maximum absolute atomic E-state index is 13.3. The van der Waals surface area contributed by atoms with E-state index in [0.29, 0.717) is 12.5 Å². The van der Waals surface area contributed by atoms with Gasteiger partial charge in [-0.25, -0.2) is 4.39 Å². The second-order valence-electron chi connectivity index (χ2n) is 5.80. The van der Waals surface area contributed by atoms with E-state index in [1.54, 1.807) is 0 Å². The van der Waals surface area contributed by atoms with Crippen molar-refractivity contribution >= 4 is 16.9 Å². The van der Waals surface area contributed by atoms with E-state index in [0.717, 1.165) is 25.3 Å². The van der Waals surface area contributed by atoms with Crippen molar-refractivity contribution < 1.29 is 13.6 Å². The number of halogens is 1. The van der Waals surface area contributed by atoms with Crippen LogP contribution in [0.2, 0.25) is 0 Å². The summed E-state index contributed by atoms with van der Waals surface area (Å²) in [5.41, 5.74) is 0.0355. The average molecular weight is 319 g/mol. The SMILES string of the molecule is CCCC(CC)CNC(=O)c1oc2ccc(F)cc2c(=O)c1C. The fourth-order valence-electron chi connectivity index (χ4n) is 2.65. The van der Waals surface area contributed by atoms with Crippen LogP contribution in [-0.2, 0) is 0 Å². The van der Waals surface area contributed by atoms with Gasteiger partial charge in [-0.15, -0.1) is 0 Å². The summed E-state index contributed by atoms with van der Waals surface area (Å²) >= 11 is 0. The zero-order valence-corrected chi connectivity index (χ0v) is 13.7. The Morgan fingerprint density at radius 3 is 2.74 bits per heavy atom. The number of hydrogen-bond donors (Lipinski definition) is 1. The highest BCUT2D eigenvalue weighted by molar-refractivity contribution is 5.94. The number of hydrogen-bond acceptors (Lipinski definition) is 3. The Morgan fingerprint density at radius 2 is 2.09 bits per heavy atom. The van der Waals surface area contributed by atoms with Crippen LogP contribution in [0.3, 0.4) is 0 Å². The van der Waals surface area contributed by atoms with Crippen LogP contribution in [0, 0.1) is 18.7 Å². The minimum atomic E-state index is -0.508. The van der Waals surface area contributed by atoms with Crippen LogP contribution in [0.25, 0.3) is 11.0 Å². The van der Waals surface area contributed by atoms with Crippen LogP contribution in [0.5, 0.6) is 0 Å². The molecule has 1 aromatic heterocycles. The number of carbonyl (C=O) groups excluding carboxylic acids is 1. The fourth-order valence-corrected chi connectivity index (χ4v) is 2.65. The van der Waals surface area contributed by atoms with Crippen LogP contribution in [-0.4, -0.2) is 12.5 Å². The smallest absolute Gasteiger partial charge is 0.287 e. The molecule has 1 heterocycles. The van der Waals surface area contributed by atoms with Gasteiger partial charge in [0.05, 0.1) is 5.39 Å². The van der Waals surface area contributed by atoms with E-state index in [1.807, 2.05) is 0 Å². The van der Waals surface area contributed by atoms with Crippen LogP contribution >= 0.6 is 0 Å². The molecule has 2 aromatic rings. The topological polar surface area (TPSA) is 59.3 Å². The minimum Gasteiger partial charge on any atom is -0.450 e. The predicted octanol–water partition coefficient (Wildman–Crippen LogP) is 3.80. The third-order valence-corrected chi connectivity index (χ3v) is 4.11. The Kier molecular flexibility index (Phi) is 5.53. The van der Waals surface area contributed by atoms with Gasteiger partial charge >= 0.3 is 0 Å². The summed E-state index contributed by atoms with van der Waals surface area (Å²) < 4.78 is 18.8. The Hall–Kier alpha value is -2.17. The monoisotopic (exact) mass is 319 g/mol. The summed E-state index contributed by atoms with van der Waals surface area (Å²) in [7, 11) is 0. The Morgan fingerprint density at radius 1 is 1.35 bits per heavy atom. The van der Waals surface area contributed by atoms with E-state index in [4.69, 9.17) is 4.42 Å². The summed E-state index contributed by atoms with van der Waals surface area (Å²) in [6, 6.07) is 3.70. The van der Waals surface area contributed by atoms with E-state index in [1.165, 1.54) is 19.1 Å². The van der Waals surface area contributed by atoms with Crippen molar-refractivity contribution in [2.45, 2.75) is 40.0 Å². The number of nitrogens with one attached hydrogen (secondary N) is 1. The molecule has 124 valence electrons. The highest BCUT2D eigenvalue weighted by atomic mass is 19.1. The molecule has 1 aromatic carbocycles. The molecule has 2 rings (SSSR count). The second-order valence-corrected chi connectivity index (χ2v) is 5.80. The van der Waals surface area contributed by atoms with E-state index in [9.17, 15) is 14.0 Å². The molecular formula is C18H22FNO3. The fraction of sp³-hybridized carbons (Fsp3) is 0.444. The third kappa shape index (κ3) is 3.78. The van der Waals surface area contributed by atoms with Crippen LogP contribution in [0.4, 0.5) is 4.39 Å². The molecule has 0 saturated carbocycles. The molecule has 1 amide bonds. The van der Waals surface area contributed by atoms with Gasteiger partial charge in [-0.05, 0) is 37.5 Å². The first-order valence-electron chi connectivity index (χ1n) is 7.99. The van der Waals surface area contributed by atoms with Crippen molar-refractivity contribution in [2.24, 2.45) is 5.92 Å². The number of rotatable bonds is 6. The summed E-state index contributed by atoms with van der Waals surface area (Å²) in [6.07, 6.45) is 3.08. The standard InChI is InChI=1S/C18H22FNO3/c1-4-6-12(5-2)10-20-18(22)17-11(3)16(21)14-9-13(19)7-8-15(14)23-17/h7-9,12H,4-6,10H2,1-3H3,(H,20,22). The Labute approximate surface area is 134 Å². The molecule has 1 atom stereocenters. The molecule has 0 fully saturated rings. The van der Waals surface area contributed by atoms with Gasteiger partial charge in [-0.2, -0.15) is 0 Å². The molecule has 0 aliphatic carbocycles. The molecule has 0 aliphatic heterocycles. The van der Waals surface area contributed by atoms with Gasteiger partial charge in [-0.1, -0.05) is 26.7 Å². The first-order valence-corrected chi connectivity index (χ1v) is 7.99. The van der Waals surface area contributed by atoms with Gasteiger partial charge < -0.3 is 9.73 Å². The molecule has 0 bridgehead atoms. The van der Waals surface area contributed by atoms with Crippen molar-refractivity contribution in [2.75, 3.05) is 6.54 Å². The number of fused-ring (bicyclic) bond motifs is 1. The predicted molar refractivity (Wildman–Crippen MR) is 88.2 cm³/mol. The third-order valence-electron chi connectivity index (χ3n) is 4.11. The van der Waals surface area contributed by atoms with Crippen molar-refractivity contribution in [1.29, 1.82) is 0 Å². The average Bonchev–Trinajstić information content (AvgIpc) is 2.55. The van der Waals surface area contributed by atoms with Gasteiger partial charge in [-0.3, -0.25) is 9.59 Å². The summed E-state index contributed by atoms with van der Waals surface area (Å²) in [5, 5.41) is 2.98. The zero-order valence-electron chi connectivity index (χ0n) is 13.7. The zero-order chi connectivity index (χ0) is 17.0. The summed E-state index contributed by atoms with van der Waals surface area (Å²) in [5.74, 6) is -0.502. The highest BCUT2D eigenvalue weighted by Gasteiger charge is 2.18. The highest BCUT2D eigenvalue weighted by Crippen LogP contribution is 2.17. The first-order chi connectivity index (χ1) is 11.0. The van der Waals surface area contributed by atoms with E-state index in [-0.39, 0.29) is 27.7 Å². The lowest BCUT2D eigenvalue weighted by Gasteiger charge is -2.15. The lowest BCUT2D eigenvalue weighted by Crippen LogP contribution is -2.30. The number of benzene rings is 1. The molecule has 0 saturated heterocycles. The first kappa shape index (κ1) is 17.2. The van der Waals surface area contributed by atoms with Gasteiger partial charge in [0.25, 0.3) is 5.91 Å². The van der Waals surface area contributed by atoms with Gasteiger partial charge in [0.1, 0.15) is 11.4 Å². The molecule has 23 heavy (non-hydrogen) atoms. The van der Waals surface area contributed by atoms with Crippen molar-refractivity contribution in [3.63, 3.8) is 0 Å². The van der Waals surface area contributed by atoms with Crippen molar-refractivity contribution in [3.8, 4) is 0 Å². The normalized spacial score (nSPS) is 12.3. The molecule has 5 heteroatoms. The molecule has 1 N–H and O–H groups in total. The summed E-state index contributed by atoms with van der Waals surface area (Å²) in [6.45, 7) is 6.26. The molecule has 0 aliphatic rings. The van der Waals surface area contributed by atoms with Gasteiger partial charge in [0.2, 0.25) is 0 Å². The number of amides is 1. The van der Waals surface area contributed by atoms with Crippen LogP contribution in [0.15, 0.2) is 27.4 Å². The maximum atomic E-state index is 13.3. The van der Waals surface area contributed by atoms with Crippen LogP contribution < -0.4 is 10.7 Å². The molecule has 0 spiro atoms. The van der Waals surface area contributed by atoms with Crippen molar-refractivity contribution in [1.82, 2.24) is 5.32 Å². The minimum absolute atomic E-state index is 0.000426. The van der Waals surface area contributed by atoms with E-state index < -0.39 is 11.7 Å². The van der Waals surface area contributed by atoms with E-state index >= 15 is 0 Å². The maximum Gasteiger partial charge on any atom is 0.287 e. The lowest BCUT2D eigenvalue weighted by atomic mass is 10.0. The Bertz CT molecular complexity index is 767. The van der Waals surface area contributed by atoms with Gasteiger partial charge in [0.15, 0.2) is 11.2 Å². The van der Waals surface area contributed by atoms with Crippen LogP contribution in [0.1, 0.15) is 49.2 Å². The number of carbonyl (C=O) groups is 1.